The molecule has 0 radical (unpaired) electrons. The van der Waals surface area contributed by atoms with Crippen LogP contribution < -0.4 is 0 Å². The van der Waals surface area contributed by atoms with Crippen molar-refractivity contribution in [1.82, 2.24) is 0 Å². The van der Waals surface area contributed by atoms with Gasteiger partial charge < -0.3 is 0 Å². The van der Waals surface area contributed by atoms with Gasteiger partial charge in [-0.3, -0.25) is 0 Å². The Hall–Kier alpha value is -0.300. The van der Waals surface area contributed by atoms with Crippen molar-refractivity contribution in [2.24, 2.45) is 0 Å². The van der Waals surface area contributed by atoms with Crippen LogP contribution in [0.3, 0.4) is 0 Å². The molecule has 1 atom stereocenters. The third-order valence-electron chi connectivity index (χ3n) is 2.07. The number of alkyl halides is 1. The molecule has 0 saturated carbocycles. The Kier molecular flexibility index (Phi) is 3.80. The fourth-order valence-electron chi connectivity index (χ4n) is 1.24. The Morgan fingerprint density at radius 1 is 1.33 bits per heavy atom. The first-order valence-electron chi connectivity index (χ1n) is 4.38. The lowest BCUT2D eigenvalue weighted by molar-refractivity contribution is 0.817. The van der Waals surface area contributed by atoms with Crippen LogP contribution in [0.15, 0.2) is 24.3 Å². The molecule has 0 aromatic heterocycles. The molecule has 66 valence electrons. The van der Waals surface area contributed by atoms with Crippen LogP contribution in [0.1, 0.15) is 24.5 Å². The maximum Gasteiger partial charge on any atom is 0.0120 e. The third kappa shape index (κ3) is 2.98. The van der Waals surface area contributed by atoms with Gasteiger partial charge in [0.05, 0.1) is 0 Å². The molecule has 1 rings (SSSR count). The lowest BCUT2D eigenvalue weighted by Gasteiger charge is -2.05. The van der Waals surface area contributed by atoms with Crippen LogP contribution in [0.2, 0.25) is 0 Å². The Bertz CT molecular complexity index is 241. The van der Waals surface area contributed by atoms with Crippen molar-refractivity contribution in [1.29, 1.82) is 0 Å². The third-order valence-corrected chi connectivity index (χ3v) is 2.53. The van der Waals surface area contributed by atoms with Gasteiger partial charge in [-0.25, -0.2) is 0 Å². The average molecular weight is 227 g/mol. The standard InChI is InChI=1S/C11H15Br/c1-9-5-3-4-6-11(9)8-7-10(2)12/h3-6,10H,7-8H2,1-2H3. The molecule has 12 heavy (non-hydrogen) atoms. The van der Waals surface area contributed by atoms with Gasteiger partial charge in [0.15, 0.2) is 0 Å². The second kappa shape index (κ2) is 4.66. The molecule has 0 aliphatic heterocycles. The van der Waals surface area contributed by atoms with Crippen molar-refractivity contribution in [3.63, 3.8) is 0 Å². The Morgan fingerprint density at radius 2 is 2.00 bits per heavy atom. The lowest BCUT2D eigenvalue weighted by atomic mass is 10.0. The molecule has 0 nitrogen and oxygen atoms in total. The van der Waals surface area contributed by atoms with Crippen LogP contribution in [-0.4, -0.2) is 4.83 Å². The van der Waals surface area contributed by atoms with Crippen LogP contribution in [0.4, 0.5) is 0 Å². The van der Waals surface area contributed by atoms with Crippen LogP contribution in [0.25, 0.3) is 0 Å². The smallest absolute Gasteiger partial charge is 0.0120 e. The van der Waals surface area contributed by atoms with E-state index >= 15 is 0 Å². The van der Waals surface area contributed by atoms with Gasteiger partial charge in [0, 0.05) is 4.83 Å². The zero-order valence-corrected chi connectivity index (χ0v) is 9.26. The van der Waals surface area contributed by atoms with Crippen LogP contribution in [0, 0.1) is 6.92 Å². The van der Waals surface area contributed by atoms with Crippen molar-refractivity contribution >= 4 is 15.9 Å². The highest BCUT2D eigenvalue weighted by molar-refractivity contribution is 9.09. The van der Waals surface area contributed by atoms with E-state index in [4.69, 9.17) is 0 Å². The summed E-state index contributed by atoms with van der Waals surface area (Å²) < 4.78 is 0. The van der Waals surface area contributed by atoms with Crippen LogP contribution >= 0.6 is 15.9 Å². The number of aryl methyl sites for hydroxylation is 2. The first-order valence-corrected chi connectivity index (χ1v) is 5.30. The first-order chi connectivity index (χ1) is 5.70. The summed E-state index contributed by atoms with van der Waals surface area (Å²) in [6, 6.07) is 8.59. The summed E-state index contributed by atoms with van der Waals surface area (Å²) in [6.07, 6.45) is 2.39. The molecule has 1 heteroatoms. The molecule has 1 aromatic rings. The summed E-state index contributed by atoms with van der Waals surface area (Å²) in [5.41, 5.74) is 2.88. The molecule has 0 bridgehead atoms. The maximum atomic E-state index is 3.56. The van der Waals surface area contributed by atoms with E-state index in [0.29, 0.717) is 4.83 Å². The quantitative estimate of drug-likeness (QED) is 0.690. The molecule has 0 aliphatic rings. The van der Waals surface area contributed by atoms with E-state index < -0.39 is 0 Å². The number of hydrogen-bond donors (Lipinski definition) is 0. The number of benzene rings is 1. The van der Waals surface area contributed by atoms with Crippen LogP contribution in [0.5, 0.6) is 0 Å². The summed E-state index contributed by atoms with van der Waals surface area (Å²) >= 11 is 3.56. The van der Waals surface area contributed by atoms with Crippen molar-refractivity contribution < 1.29 is 0 Å². The molecule has 0 amide bonds. The largest absolute Gasteiger partial charge is 0.0894 e. The van der Waals surface area contributed by atoms with Gasteiger partial charge in [0.2, 0.25) is 0 Å². The van der Waals surface area contributed by atoms with E-state index in [-0.39, 0.29) is 0 Å². The summed E-state index contributed by atoms with van der Waals surface area (Å²) in [4.78, 5) is 0.622. The summed E-state index contributed by atoms with van der Waals surface area (Å²) in [6.45, 7) is 4.37. The number of hydrogen-bond acceptors (Lipinski definition) is 0. The second-order valence-electron chi connectivity index (χ2n) is 3.25. The van der Waals surface area contributed by atoms with Crippen molar-refractivity contribution in [3.05, 3.63) is 35.4 Å². The average Bonchev–Trinajstić information content (AvgIpc) is 2.03. The molecule has 0 heterocycles. The molecule has 1 unspecified atom stereocenters. The predicted molar refractivity (Wildman–Crippen MR) is 57.9 cm³/mol. The Balaban J connectivity index is 2.57. The van der Waals surface area contributed by atoms with E-state index in [2.05, 4.69) is 54.0 Å². The lowest BCUT2D eigenvalue weighted by Crippen LogP contribution is -1.95. The van der Waals surface area contributed by atoms with E-state index in [0.717, 1.165) is 0 Å². The van der Waals surface area contributed by atoms with Crippen LogP contribution in [-0.2, 0) is 6.42 Å². The monoisotopic (exact) mass is 226 g/mol. The van der Waals surface area contributed by atoms with E-state index in [1.165, 1.54) is 24.0 Å². The molecular weight excluding hydrogens is 212 g/mol. The topological polar surface area (TPSA) is 0 Å². The minimum Gasteiger partial charge on any atom is -0.0894 e. The van der Waals surface area contributed by atoms with Gasteiger partial charge in [0.1, 0.15) is 0 Å². The highest BCUT2D eigenvalue weighted by atomic mass is 79.9. The molecule has 0 fully saturated rings. The predicted octanol–water partition coefficient (Wildman–Crippen LogP) is 3.71. The van der Waals surface area contributed by atoms with E-state index in [1.54, 1.807) is 0 Å². The summed E-state index contributed by atoms with van der Waals surface area (Å²) in [5.74, 6) is 0. The fraction of sp³-hybridized carbons (Fsp3) is 0.455. The fourth-order valence-corrected chi connectivity index (χ4v) is 1.47. The molecule has 0 spiro atoms. The second-order valence-corrected chi connectivity index (χ2v) is 4.81. The number of halogens is 1. The SMILES string of the molecule is Cc1ccccc1CCC(C)Br. The van der Waals surface area contributed by atoms with Gasteiger partial charge in [0.25, 0.3) is 0 Å². The summed E-state index contributed by atoms with van der Waals surface area (Å²) in [5, 5.41) is 0. The van der Waals surface area contributed by atoms with E-state index in [1.807, 2.05) is 0 Å². The van der Waals surface area contributed by atoms with Gasteiger partial charge >= 0.3 is 0 Å². The number of rotatable bonds is 3. The zero-order chi connectivity index (χ0) is 8.97. The van der Waals surface area contributed by atoms with E-state index in [9.17, 15) is 0 Å². The van der Waals surface area contributed by atoms with Crippen molar-refractivity contribution in [2.45, 2.75) is 31.5 Å². The van der Waals surface area contributed by atoms with Gasteiger partial charge in [-0.1, -0.05) is 47.1 Å². The zero-order valence-electron chi connectivity index (χ0n) is 7.68. The van der Waals surface area contributed by atoms with Gasteiger partial charge in [-0.05, 0) is 30.9 Å². The molecule has 1 aromatic carbocycles. The maximum absolute atomic E-state index is 3.56. The molecule has 0 N–H and O–H groups in total. The van der Waals surface area contributed by atoms with Gasteiger partial charge in [-0.15, -0.1) is 0 Å². The minimum absolute atomic E-state index is 0.622. The first kappa shape index (κ1) is 9.79. The molecule has 0 saturated heterocycles. The van der Waals surface area contributed by atoms with Crippen molar-refractivity contribution in [2.75, 3.05) is 0 Å². The Labute approximate surface area is 83.1 Å². The van der Waals surface area contributed by atoms with Gasteiger partial charge in [-0.2, -0.15) is 0 Å². The highest BCUT2D eigenvalue weighted by Gasteiger charge is 1.99. The Morgan fingerprint density at radius 3 is 2.58 bits per heavy atom. The summed E-state index contributed by atoms with van der Waals surface area (Å²) in [7, 11) is 0. The molecule has 0 aliphatic carbocycles. The minimum atomic E-state index is 0.622. The highest BCUT2D eigenvalue weighted by Crippen LogP contribution is 2.13. The molecular formula is C11H15Br. The normalized spacial score (nSPS) is 12.9. The van der Waals surface area contributed by atoms with Crippen molar-refractivity contribution in [3.8, 4) is 0 Å².